The maximum atomic E-state index is 12.3. The average Bonchev–Trinajstić information content (AvgIpc) is 2.47. The van der Waals surface area contributed by atoms with Crippen molar-refractivity contribution >= 4 is 17.5 Å². The number of piperidine rings is 1. The highest BCUT2D eigenvalue weighted by Gasteiger charge is 2.33. The topological polar surface area (TPSA) is 78.9 Å². The number of carbonyl (C=O) groups excluding carboxylic acids is 2. The Morgan fingerprint density at radius 3 is 2.65 bits per heavy atom. The third-order valence-corrected chi connectivity index (χ3v) is 3.24. The van der Waals surface area contributed by atoms with Crippen LogP contribution in [-0.4, -0.2) is 47.4 Å². The lowest BCUT2D eigenvalue weighted by molar-refractivity contribution is -0.274. The number of hydrogen-bond donors (Lipinski definition) is 2. The van der Waals surface area contributed by atoms with Crippen LogP contribution in [0.15, 0.2) is 24.3 Å². The van der Waals surface area contributed by atoms with Gasteiger partial charge in [-0.05, 0) is 25.0 Å². The summed E-state index contributed by atoms with van der Waals surface area (Å²) in [4.78, 5) is 25.1. The predicted octanol–water partition coefficient (Wildman–Crippen LogP) is 1.51. The highest BCUT2D eigenvalue weighted by atomic mass is 19.4. The van der Waals surface area contributed by atoms with Crippen molar-refractivity contribution in [3.63, 3.8) is 0 Å². The molecule has 126 valence electrons. The Hall–Kier alpha value is -2.29. The Bertz CT molecular complexity index is 592. The van der Waals surface area contributed by atoms with Gasteiger partial charge in [0.15, 0.2) is 5.75 Å². The van der Waals surface area contributed by atoms with Crippen LogP contribution in [0.2, 0.25) is 0 Å². The first kappa shape index (κ1) is 17.1. The first-order valence-electron chi connectivity index (χ1n) is 6.89. The second kappa shape index (κ2) is 6.86. The number of amides is 2. The van der Waals surface area contributed by atoms with Crippen LogP contribution in [0.5, 0.6) is 5.75 Å². The molecule has 2 amide bonds. The summed E-state index contributed by atoms with van der Waals surface area (Å²) in [7, 11) is 0. The number of benzene rings is 1. The minimum atomic E-state index is -4.91. The van der Waals surface area contributed by atoms with Gasteiger partial charge in [0.1, 0.15) is 0 Å². The molecule has 9 heteroatoms. The Kier molecular flexibility index (Phi) is 5.09. The molecule has 1 atom stereocenters. The van der Waals surface area contributed by atoms with Crippen molar-refractivity contribution < 1.29 is 32.6 Å². The number of para-hydroxylation sites is 2. The van der Waals surface area contributed by atoms with Gasteiger partial charge >= 0.3 is 18.2 Å². The number of β-amino-alcohol motifs (C(OH)–C–C–N with tert-alkyl or cyclic N) is 1. The van der Waals surface area contributed by atoms with Crippen LogP contribution in [0.25, 0.3) is 0 Å². The standard InChI is InChI=1S/C14H15F3N2O4/c15-14(16,17)23-11-6-2-1-5-10(11)18-12(21)13(22)19-7-3-4-9(20)8-19/h1-2,5-6,9,20H,3-4,7-8H2,(H,18,21)/t9-/m0/s1. The van der Waals surface area contributed by atoms with Crippen molar-refractivity contribution in [2.45, 2.75) is 25.3 Å². The number of likely N-dealkylation sites (tertiary alicyclic amines) is 1. The van der Waals surface area contributed by atoms with Crippen molar-refractivity contribution in [1.82, 2.24) is 4.90 Å². The number of aliphatic hydroxyl groups excluding tert-OH is 1. The van der Waals surface area contributed by atoms with E-state index in [0.29, 0.717) is 19.4 Å². The minimum Gasteiger partial charge on any atom is -0.404 e. The summed E-state index contributed by atoms with van der Waals surface area (Å²) >= 11 is 0. The van der Waals surface area contributed by atoms with E-state index in [1.165, 1.54) is 18.2 Å². The fourth-order valence-electron chi connectivity index (χ4n) is 2.24. The van der Waals surface area contributed by atoms with Crippen LogP contribution in [0, 0.1) is 0 Å². The third kappa shape index (κ3) is 4.85. The summed E-state index contributed by atoms with van der Waals surface area (Å²) in [6.45, 7) is 0.330. The molecule has 0 radical (unpaired) electrons. The second-order valence-electron chi connectivity index (χ2n) is 5.05. The molecule has 23 heavy (non-hydrogen) atoms. The highest BCUT2D eigenvalue weighted by Crippen LogP contribution is 2.29. The number of ether oxygens (including phenoxy) is 1. The second-order valence-corrected chi connectivity index (χ2v) is 5.05. The summed E-state index contributed by atoms with van der Waals surface area (Å²) in [5.74, 6) is -2.61. The van der Waals surface area contributed by atoms with E-state index in [9.17, 15) is 27.9 Å². The summed E-state index contributed by atoms with van der Waals surface area (Å²) in [6, 6.07) is 4.92. The molecule has 1 aliphatic heterocycles. The van der Waals surface area contributed by atoms with Crippen LogP contribution in [0.4, 0.5) is 18.9 Å². The Morgan fingerprint density at radius 2 is 2.00 bits per heavy atom. The Balaban J connectivity index is 2.06. The average molecular weight is 332 g/mol. The monoisotopic (exact) mass is 332 g/mol. The van der Waals surface area contributed by atoms with Gasteiger partial charge in [0.2, 0.25) is 0 Å². The van der Waals surface area contributed by atoms with E-state index < -0.39 is 30.0 Å². The largest absolute Gasteiger partial charge is 0.573 e. The smallest absolute Gasteiger partial charge is 0.404 e. The van der Waals surface area contributed by atoms with Crippen LogP contribution in [-0.2, 0) is 9.59 Å². The molecule has 1 saturated heterocycles. The number of rotatable bonds is 2. The van der Waals surface area contributed by atoms with E-state index >= 15 is 0 Å². The summed E-state index contributed by atoms with van der Waals surface area (Å²) in [6.07, 6.45) is -4.54. The number of aliphatic hydroxyl groups is 1. The normalized spacial score (nSPS) is 18.4. The van der Waals surface area contributed by atoms with Gasteiger partial charge in [0, 0.05) is 13.1 Å². The fourth-order valence-corrected chi connectivity index (χ4v) is 2.24. The number of hydrogen-bond acceptors (Lipinski definition) is 4. The molecular weight excluding hydrogens is 317 g/mol. The summed E-state index contributed by atoms with van der Waals surface area (Å²) in [5.41, 5.74) is -0.263. The van der Waals surface area contributed by atoms with E-state index in [-0.39, 0.29) is 12.2 Å². The van der Waals surface area contributed by atoms with Crippen molar-refractivity contribution in [1.29, 1.82) is 0 Å². The first-order valence-corrected chi connectivity index (χ1v) is 6.89. The minimum absolute atomic E-state index is 0.0208. The zero-order valence-electron chi connectivity index (χ0n) is 12.0. The highest BCUT2D eigenvalue weighted by molar-refractivity contribution is 6.39. The van der Waals surface area contributed by atoms with Gasteiger partial charge in [0.25, 0.3) is 0 Å². The van der Waals surface area contributed by atoms with Gasteiger partial charge in [-0.15, -0.1) is 13.2 Å². The van der Waals surface area contributed by atoms with Gasteiger partial charge in [-0.2, -0.15) is 0 Å². The van der Waals surface area contributed by atoms with E-state index in [1.54, 1.807) is 0 Å². The molecule has 1 heterocycles. The molecular formula is C14H15F3N2O4. The lowest BCUT2D eigenvalue weighted by Crippen LogP contribution is -2.46. The van der Waals surface area contributed by atoms with Crippen molar-refractivity contribution in [2.24, 2.45) is 0 Å². The Labute approximate surface area is 129 Å². The van der Waals surface area contributed by atoms with Crippen molar-refractivity contribution in [3.8, 4) is 5.75 Å². The van der Waals surface area contributed by atoms with Crippen molar-refractivity contribution in [2.75, 3.05) is 18.4 Å². The molecule has 6 nitrogen and oxygen atoms in total. The van der Waals surface area contributed by atoms with E-state index in [2.05, 4.69) is 10.1 Å². The fraction of sp³-hybridized carbons (Fsp3) is 0.429. The molecule has 0 unspecified atom stereocenters. The maximum absolute atomic E-state index is 12.3. The van der Waals surface area contributed by atoms with Gasteiger partial charge < -0.3 is 20.1 Å². The summed E-state index contributed by atoms with van der Waals surface area (Å²) < 4.78 is 40.7. The number of anilines is 1. The SMILES string of the molecule is O=C(Nc1ccccc1OC(F)(F)F)C(=O)N1CCC[C@H](O)C1. The van der Waals surface area contributed by atoms with E-state index in [1.807, 2.05) is 0 Å². The summed E-state index contributed by atoms with van der Waals surface area (Å²) in [5, 5.41) is 11.6. The molecule has 2 N–H and O–H groups in total. The lowest BCUT2D eigenvalue weighted by Gasteiger charge is -2.29. The first-order chi connectivity index (χ1) is 10.8. The molecule has 0 spiro atoms. The van der Waals surface area contributed by atoms with Gasteiger partial charge in [-0.1, -0.05) is 12.1 Å². The number of halogens is 3. The number of nitrogens with zero attached hydrogens (tertiary/aromatic N) is 1. The maximum Gasteiger partial charge on any atom is 0.573 e. The molecule has 1 aromatic carbocycles. The van der Waals surface area contributed by atoms with Crippen LogP contribution >= 0.6 is 0 Å². The quantitative estimate of drug-likeness (QED) is 0.805. The molecule has 1 aromatic rings. The predicted molar refractivity (Wildman–Crippen MR) is 73.6 cm³/mol. The molecule has 1 aliphatic rings. The Morgan fingerprint density at radius 1 is 1.30 bits per heavy atom. The van der Waals surface area contributed by atoms with Crippen LogP contribution in [0.3, 0.4) is 0 Å². The van der Waals surface area contributed by atoms with Crippen LogP contribution < -0.4 is 10.1 Å². The number of nitrogens with one attached hydrogen (secondary N) is 1. The molecule has 1 fully saturated rings. The molecule has 0 aliphatic carbocycles. The van der Waals surface area contributed by atoms with E-state index in [0.717, 1.165) is 11.0 Å². The molecule has 0 aromatic heterocycles. The zero-order chi connectivity index (χ0) is 17.0. The van der Waals surface area contributed by atoms with Gasteiger partial charge in [0.05, 0.1) is 11.8 Å². The van der Waals surface area contributed by atoms with Gasteiger partial charge in [-0.3, -0.25) is 9.59 Å². The van der Waals surface area contributed by atoms with Crippen molar-refractivity contribution in [3.05, 3.63) is 24.3 Å². The molecule has 0 bridgehead atoms. The zero-order valence-corrected chi connectivity index (χ0v) is 12.0. The number of carbonyl (C=O) groups is 2. The lowest BCUT2D eigenvalue weighted by atomic mass is 10.1. The molecule has 2 rings (SSSR count). The third-order valence-electron chi connectivity index (χ3n) is 3.24. The number of alkyl halides is 3. The van der Waals surface area contributed by atoms with E-state index in [4.69, 9.17) is 0 Å². The van der Waals surface area contributed by atoms with Gasteiger partial charge in [-0.25, -0.2) is 0 Å². The molecule has 0 saturated carbocycles. The van der Waals surface area contributed by atoms with Crippen LogP contribution in [0.1, 0.15) is 12.8 Å².